The lowest BCUT2D eigenvalue weighted by Gasteiger charge is -2.26. The van der Waals surface area contributed by atoms with E-state index in [2.05, 4.69) is 15.9 Å². The molecule has 0 spiro atoms. The van der Waals surface area contributed by atoms with E-state index in [1.54, 1.807) is 104 Å². The van der Waals surface area contributed by atoms with Crippen LogP contribution in [0.25, 0.3) is 6.08 Å². The van der Waals surface area contributed by atoms with Gasteiger partial charge in [0, 0.05) is 33.9 Å². The zero-order valence-corrected chi connectivity index (χ0v) is 29.9. The van der Waals surface area contributed by atoms with Crippen LogP contribution in [0.3, 0.4) is 0 Å². The lowest BCUT2D eigenvalue weighted by Crippen LogP contribution is -2.30. The Morgan fingerprint density at radius 1 is 0.686 bits per heavy atom. The summed E-state index contributed by atoms with van der Waals surface area (Å²) >= 11 is 3.36. The van der Waals surface area contributed by atoms with Crippen LogP contribution in [0.15, 0.2) is 102 Å². The number of nitrogens with zero attached hydrogens (tertiary/aromatic N) is 1. The Morgan fingerprint density at radius 2 is 1.24 bits per heavy atom. The minimum absolute atomic E-state index is 0.203. The smallest absolute Gasteiger partial charge is 0.337 e. The van der Waals surface area contributed by atoms with Crippen molar-refractivity contribution in [2.45, 2.75) is 25.7 Å². The molecular weight excluding hydrogens is 718 g/mol. The van der Waals surface area contributed by atoms with E-state index in [1.807, 2.05) is 0 Å². The van der Waals surface area contributed by atoms with Crippen molar-refractivity contribution in [1.82, 2.24) is 0 Å². The maximum Gasteiger partial charge on any atom is 0.337 e. The summed E-state index contributed by atoms with van der Waals surface area (Å²) in [5.41, 5.74) is 2.39. The van der Waals surface area contributed by atoms with E-state index < -0.39 is 29.7 Å². The van der Waals surface area contributed by atoms with Gasteiger partial charge < -0.3 is 23.8 Å². The summed E-state index contributed by atoms with van der Waals surface area (Å²) in [5.74, 6) is -1.41. The van der Waals surface area contributed by atoms with E-state index in [0.29, 0.717) is 70.9 Å². The second-order valence-electron chi connectivity index (χ2n) is 11.9. The molecule has 0 radical (unpaired) electrons. The zero-order chi connectivity index (χ0) is 36.5. The molecule has 5 rings (SSSR count). The van der Waals surface area contributed by atoms with E-state index in [9.17, 15) is 24.0 Å². The number of carbonyl (C=O) groups excluding carboxylic acids is 5. The standard InChI is InChI=1S/C40H36BrNO9/c1-42(32-17-10-27(11-18-32)38(45)49-3)37(44)26-12-19-33(20-13-26)50-39(46)28-4-6-29(7-5-28)40(47)51-36-23-21-34(48-2)24-30(36)14-22-35(43)25-8-15-31(41)16-9-25/h8-24,28-29H,4-7H2,1-3H3/b22-14+. The van der Waals surface area contributed by atoms with E-state index in [-0.39, 0.29) is 11.7 Å². The number of ketones is 1. The van der Waals surface area contributed by atoms with E-state index >= 15 is 0 Å². The topological polar surface area (TPSA) is 126 Å². The molecule has 0 atom stereocenters. The molecule has 0 bridgehead atoms. The number of carbonyl (C=O) groups is 5. The van der Waals surface area contributed by atoms with Crippen molar-refractivity contribution < 1.29 is 42.9 Å². The first-order valence-corrected chi connectivity index (χ1v) is 17.0. The second-order valence-corrected chi connectivity index (χ2v) is 12.8. The predicted octanol–water partition coefficient (Wildman–Crippen LogP) is 7.73. The Labute approximate surface area is 304 Å². The molecule has 0 heterocycles. The van der Waals surface area contributed by atoms with Crippen LogP contribution >= 0.6 is 15.9 Å². The van der Waals surface area contributed by atoms with E-state index in [4.69, 9.17) is 18.9 Å². The number of ether oxygens (including phenoxy) is 4. The number of hydrogen-bond donors (Lipinski definition) is 0. The number of hydrogen-bond acceptors (Lipinski definition) is 9. The fourth-order valence-corrected chi connectivity index (χ4v) is 5.89. The molecule has 1 amide bonds. The van der Waals surface area contributed by atoms with Gasteiger partial charge in [-0.15, -0.1) is 0 Å². The average Bonchev–Trinajstić information content (AvgIpc) is 3.17. The highest BCUT2D eigenvalue weighted by molar-refractivity contribution is 9.10. The number of anilines is 1. The molecule has 262 valence electrons. The van der Waals surface area contributed by atoms with Gasteiger partial charge in [0.05, 0.1) is 31.6 Å². The van der Waals surface area contributed by atoms with Crippen LogP contribution in [0.2, 0.25) is 0 Å². The lowest BCUT2D eigenvalue weighted by atomic mass is 9.82. The molecule has 1 fully saturated rings. The molecule has 4 aromatic rings. The Kier molecular flexibility index (Phi) is 12.2. The summed E-state index contributed by atoms with van der Waals surface area (Å²) in [5, 5.41) is 0. The second kappa shape index (κ2) is 16.9. The molecule has 1 aliphatic rings. The van der Waals surface area contributed by atoms with Crippen LogP contribution in [0.5, 0.6) is 17.2 Å². The van der Waals surface area contributed by atoms with Gasteiger partial charge in [-0.05, 0) is 129 Å². The van der Waals surface area contributed by atoms with Crippen LogP contribution in [-0.2, 0) is 14.3 Å². The van der Waals surface area contributed by atoms with Crippen LogP contribution in [0, 0.1) is 11.8 Å². The van der Waals surface area contributed by atoms with Gasteiger partial charge in [0.1, 0.15) is 17.2 Å². The Hall–Kier alpha value is -5.55. The van der Waals surface area contributed by atoms with Gasteiger partial charge in [0.2, 0.25) is 0 Å². The highest BCUT2D eigenvalue weighted by atomic mass is 79.9. The summed E-state index contributed by atoms with van der Waals surface area (Å²) in [6.07, 6.45) is 4.81. The third kappa shape index (κ3) is 9.37. The highest BCUT2D eigenvalue weighted by Crippen LogP contribution is 2.33. The van der Waals surface area contributed by atoms with Gasteiger partial charge in [0.15, 0.2) is 5.78 Å². The first-order valence-electron chi connectivity index (χ1n) is 16.2. The number of amides is 1. The van der Waals surface area contributed by atoms with Crippen molar-refractivity contribution >= 4 is 57.3 Å². The van der Waals surface area contributed by atoms with Crippen LogP contribution < -0.4 is 19.1 Å². The zero-order valence-electron chi connectivity index (χ0n) is 28.3. The molecule has 4 aromatic carbocycles. The van der Waals surface area contributed by atoms with E-state index in [0.717, 1.165) is 4.47 Å². The molecule has 1 saturated carbocycles. The molecule has 0 aliphatic heterocycles. The first kappa shape index (κ1) is 36.7. The minimum atomic E-state index is -0.465. The Balaban J connectivity index is 1.13. The SMILES string of the molecule is COC(=O)c1ccc(N(C)C(=O)c2ccc(OC(=O)C3CCC(C(=O)Oc4ccc(OC)cc4/C=C/C(=O)c4ccc(Br)cc4)CC3)cc2)cc1. The molecule has 11 heteroatoms. The van der Waals surface area contributed by atoms with Crippen molar-refractivity contribution in [2.75, 3.05) is 26.2 Å². The number of allylic oxidation sites excluding steroid dienone is 1. The van der Waals surface area contributed by atoms with Crippen molar-refractivity contribution in [3.8, 4) is 17.2 Å². The molecule has 51 heavy (non-hydrogen) atoms. The maximum absolute atomic E-state index is 13.2. The van der Waals surface area contributed by atoms with Gasteiger partial charge in [-0.2, -0.15) is 0 Å². The van der Waals surface area contributed by atoms with Crippen molar-refractivity contribution in [3.63, 3.8) is 0 Å². The van der Waals surface area contributed by atoms with Crippen LogP contribution in [0.1, 0.15) is 62.3 Å². The summed E-state index contributed by atoms with van der Waals surface area (Å²) in [6, 6.07) is 24.8. The normalized spacial score (nSPS) is 15.5. The Bertz CT molecular complexity index is 1930. The molecule has 0 unspecified atom stereocenters. The van der Waals surface area contributed by atoms with Crippen molar-refractivity contribution in [3.05, 3.63) is 124 Å². The van der Waals surface area contributed by atoms with E-state index in [1.165, 1.54) is 25.2 Å². The number of methoxy groups -OCH3 is 2. The lowest BCUT2D eigenvalue weighted by molar-refractivity contribution is -0.145. The van der Waals surface area contributed by atoms with Gasteiger partial charge in [-0.25, -0.2) is 4.79 Å². The van der Waals surface area contributed by atoms with Crippen molar-refractivity contribution in [1.29, 1.82) is 0 Å². The first-order chi connectivity index (χ1) is 24.6. The highest BCUT2D eigenvalue weighted by Gasteiger charge is 2.32. The molecular formula is C40H36BrNO9. The summed E-state index contributed by atoms with van der Waals surface area (Å²) in [6.45, 7) is 0. The number of benzene rings is 4. The molecule has 0 saturated heterocycles. The van der Waals surface area contributed by atoms with Gasteiger partial charge >= 0.3 is 17.9 Å². The largest absolute Gasteiger partial charge is 0.497 e. The predicted molar refractivity (Wildman–Crippen MR) is 194 cm³/mol. The Morgan fingerprint density at radius 3 is 1.82 bits per heavy atom. The summed E-state index contributed by atoms with van der Waals surface area (Å²) in [7, 11) is 4.45. The fraction of sp³-hybridized carbons (Fsp3) is 0.225. The minimum Gasteiger partial charge on any atom is -0.497 e. The summed E-state index contributed by atoms with van der Waals surface area (Å²) < 4.78 is 22.3. The summed E-state index contributed by atoms with van der Waals surface area (Å²) in [4.78, 5) is 65.1. The maximum atomic E-state index is 13.2. The van der Waals surface area contributed by atoms with Crippen LogP contribution in [-0.4, -0.2) is 50.9 Å². The van der Waals surface area contributed by atoms with Crippen molar-refractivity contribution in [2.24, 2.45) is 11.8 Å². The van der Waals surface area contributed by atoms with Gasteiger partial charge in [-0.1, -0.05) is 15.9 Å². The number of halogens is 1. The quantitative estimate of drug-likeness (QED) is 0.0655. The monoisotopic (exact) mass is 753 g/mol. The average molecular weight is 755 g/mol. The molecule has 0 N–H and O–H groups in total. The number of rotatable bonds is 11. The third-order valence-electron chi connectivity index (χ3n) is 8.66. The van der Waals surface area contributed by atoms with Gasteiger partial charge in [-0.3, -0.25) is 19.2 Å². The molecule has 0 aromatic heterocycles. The molecule has 1 aliphatic carbocycles. The van der Waals surface area contributed by atoms with Crippen LogP contribution in [0.4, 0.5) is 5.69 Å². The molecule has 10 nitrogen and oxygen atoms in total. The number of esters is 3. The third-order valence-corrected chi connectivity index (χ3v) is 9.19. The van der Waals surface area contributed by atoms with Gasteiger partial charge in [0.25, 0.3) is 5.91 Å². The fourth-order valence-electron chi connectivity index (χ4n) is 5.62.